The first kappa shape index (κ1) is 14.9. The van der Waals surface area contributed by atoms with Gasteiger partial charge in [-0.2, -0.15) is 0 Å². The Morgan fingerprint density at radius 3 is 3.05 bits per heavy atom. The average Bonchev–Trinajstić information content (AvgIpc) is 2.84. The van der Waals surface area contributed by atoms with Crippen molar-refractivity contribution in [2.45, 2.75) is 19.8 Å². The molecule has 0 fully saturated rings. The van der Waals surface area contributed by atoms with Crippen molar-refractivity contribution in [1.82, 2.24) is 5.16 Å². The maximum Gasteiger partial charge on any atom is 0.169 e. The van der Waals surface area contributed by atoms with Crippen molar-refractivity contribution in [2.24, 2.45) is 0 Å². The molecule has 1 N–H and O–H groups in total. The summed E-state index contributed by atoms with van der Waals surface area (Å²) in [4.78, 5) is 14.4. The smallest absolute Gasteiger partial charge is 0.169 e. The van der Waals surface area contributed by atoms with Crippen molar-refractivity contribution in [3.05, 3.63) is 40.6 Å². The van der Waals surface area contributed by atoms with E-state index < -0.39 is 0 Å². The SMILES string of the molecule is Cc1cc(NCCN2CCCC(=O)c3cc(Cl)ccc32)no1. The van der Waals surface area contributed by atoms with Crippen LogP contribution in [0, 0.1) is 6.92 Å². The molecule has 3 rings (SSSR count). The quantitative estimate of drug-likeness (QED) is 0.934. The van der Waals surface area contributed by atoms with Crippen molar-refractivity contribution < 1.29 is 9.32 Å². The van der Waals surface area contributed by atoms with Crippen molar-refractivity contribution in [3.8, 4) is 0 Å². The first-order chi connectivity index (χ1) is 10.6. The van der Waals surface area contributed by atoms with Gasteiger partial charge in [0.05, 0.1) is 0 Å². The maximum absolute atomic E-state index is 12.2. The summed E-state index contributed by atoms with van der Waals surface area (Å²) in [6.07, 6.45) is 1.42. The number of nitrogens with zero attached hydrogens (tertiary/aromatic N) is 2. The summed E-state index contributed by atoms with van der Waals surface area (Å²) < 4.78 is 5.03. The highest BCUT2D eigenvalue weighted by molar-refractivity contribution is 6.31. The molecular weight excluding hydrogens is 302 g/mol. The Labute approximate surface area is 134 Å². The summed E-state index contributed by atoms with van der Waals surface area (Å²) >= 11 is 6.03. The van der Waals surface area contributed by atoms with Crippen LogP contribution < -0.4 is 10.2 Å². The summed E-state index contributed by atoms with van der Waals surface area (Å²) in [6.45, 7) is 4.23. The second-order valence-electron chi connectivity index (χ2n) is 5.42. The zero-order valence-electron chi connectivity index (χ0n) is 12.4. The van der Waals surface area contributed by atoms with Crippen LogP contribution in [0.25, 0.3) is 0 Å². The molecule has 0 radical (unpaired) electrons. The molecule has 0 bridgehead atoms. The van der Waals surface area contributed by atoms with Gasteiger partial charge < -0.3 is 14.7 Å². The summed E-state index contributed by atoms with van der Waals surface area (Å²) in [5.74, 6) is 1.68. The highest BCUT2D eigenvalue weighted by atomic mass is 35.5. The molecule has 0 unspecified atom stereocenters. The average molecular weight is 320 g/mol. The van der Waals surface area contributed by atoms with Crippen LogP contribution in [-0.4, -0.2) is 30.6 Å². The zero-order chi connectivity index (χ0) is 15.5. The van der Waals surface area contributed by atoms with Gasteiger partial charge in [0.15, 0.2) is 11.6 Å². The van der Waals surface area contributed by atoms with Gasteiger partial charge in [0.2, 0.25) is 0 Å². The van der Waals surface area contributed by atoms with Gasteiger partial charge in [-0.1, -0.05) is 16.8 Å². The molecule has 0 atom stereocenters. The number of aryl methyl sites for hydroxylation is 1. The molecule has 0 spiro atoms. The highest BCUT2D eigenvalue weighted by Crippen LogP contribution is 2.28. The van der Waals surface area contributed by atoms with Crippen molar-refractivity contribution in [1.29, 1.82) is 0 Å². The largest absolute Gasteiger partial charge is 0.369 e. The molecule has 0 amide bonds. The molecule has 2 aromatic rings. The van der Waals surface area contributed by atoms with E-state index in [1.807, 2.05) is 25.1 Å². The Bertz CT molecular complexity index is 684. The number of rotatable bonds is 4. The van der Waals surface area contributed by atoms with Crippen LogP contribution in [0.15, 0.2) is 28.8 Å². The second-order valence-corrected chi connectivity index (χ2v) is 5.86. The topological polar surface area (TPSA) is 58.4 Å². The predicted molar refractivity (Wildman–Crippen MR) is 87.0 cm³/mol. The Kier molecular flexibility index (Phi) is 4.34. The van der Waals surface area contributed by atoms with Crippen LogP contribution in [0.1, 0.15) is 29.0 Å². The van der Waals surface area contributed by atoms with Gasteiger partial charge in [0.1, 0.15) is 5.76 Å². The van der Waals surface area contributed by atoms with Gasteiger partial charge in [0, 0.05) is 48.4 Å². The van der Waals surface area contributed by atoms with E-state index in [0.717, 1.165) is 48.9 Å². The van der Waals surface area contributed by atoms with Gasteiger partial charge >= 0.3 is 0 Å². The molecule has 116 valence electrons. The minimum absolute atomic E-state index is 0.167. The van der Waals surface area contributed by atoms with E-state index in [1.54, 1.807) is 6.07 Å². The third kappa shape index (κ3) is 3.25. The lowest BCUT2D eigenvalue weighted by molar-refractivity contribution is 0.0984. The van der Waals surface area contributed by atoms with Crippen molar-refractivity contribution >= 4 is 28.9 Å². The number of carbonyl (C=O) groups excluding carboxylic acids is 1. The number of aromatic nitrogens is 1. The number of nitrogens with one attached hydrogen (secondary N) is 1. The van der Waals surface area contributed by atoms with E-state index in [-0.39, 0.29) is 5.78 Å². The van der Waals surface area contributed by atoms with Crippen LogP contribution in [0.3, 0.4) is 0 Å². The monoisotopic (exact) mass is 319 g/mol. The van der Waals surface area contributed by atoms with Crippen LogP contribution in [0.5, 0.6) is 0 Å². The van der Waals surface area contributed by atoms with Crippen LogP contribution >= 0.6 is 11.6 Å². The molecule has 2 heterocycles. The maximum atomic E-state index is 12.2. The van der Waals surface area contributed by atoms with Crippen LogP contribution in [-0.2, 0) is 0 Å². The molecule has 1 aliphatic rings. The molecule has 1 aromatic carbocycles. The number of anilines is 2. The van der Waals surface area contributed by atoms with E-state index in [1.165, 1.54) is 0 Å². The second kappa shape index (κ2) is 6.40. The number of ketones is 1. The Balaban J connectivity index is 1.71. The molecule has 0 saturated heterocycles. The van der Waals surface area contributed by atoms with E-state index in [2.05, 4.69) is 15.4 Å². The van der Waals surface area contributed by atoms with Gasteiger partial charge in [0.25, 0.3) is 0 Å². The third-order valence-electron chi connectivity index (χ3n) is 3.75. The van der Waals surface area contributed by atoms with E-state index in [0.29, 0.717) is 11.4 Å². The Hall–Kier alpha value is -2.01. The van der Waals surface area contributed by atoms with Crippen LogP contribution in [0.2, 0.25) is 5.02 Å². The van der Waals surface area contributed by atoms with Gasteiger partial charge in [-0.15, -0.1) is 0 Å². The predicted octanol–water partition coefficient (Wildman–Crippen LogP) is 3.53. The number of benzene rings is 1. The van der Waals surface area contributed by atoms with Gasteiger partial charge in [-0.25, -0.2) is 0 Å². The first-order valence-corrected chi connectivity index (χ1v) is 7.76. The number of halogens is 1. The normalized spacial score (nSPS) is 14.6. The number of hydrogen-bond acceptors (Lipinski definition) is 5. The summed E-state index contributed by atoms with van der Waals surface area (Å²) in [5.41, 5.74) is 1.69. The minimum Gasteiger partial charge on any atom is -0.369 e. The van der Waals surface area contributed by atoms with Crippen molar-refractivity contribution in [2.75, 3.05) is 29.9 Å². The highest BCUT2D eigenvalue weighted by Gasteiger charge is 2.20. The molecule has 22 heavy (non-hydrogen) atoms. The Morgan fingerprint density at radius 2 is 2.27 bits per heavy atom. The molecule has 5 nitrogen and oxygen atoms in total. The lowest BCUT2D eigenvalue weighted by Gasteiger charge is -2.24. The van der Waals surface area contributed by atoms with E-state index in [9.17, 15) is 4.79 Å². The fraction of sp³-hybridized carbons (Fsp3) is 0.375. The zero-order valence-corrected chi connectivity index (χ0v) is 13.2. The van der Waals surface area contributed by atoms with Crippen LogP contribution in [0.4, 0.5) is 11.5 Å². The standard InChI is InChI=1S/C16H18ClN3O2/c1-11-9-16(19-22-11)18-6-8-20-7-2-3-15(21)13-10-12(17)4-5-14(13)20/h4-5,9-10H,2-3,6-8H2,1H3,(H,18,19). The summed E-state index contributed by atoms with van der Waals surface area (Å²) in [6, 6.07) is 7.40. The number of fused-ring (bicyclic) bond motifs is 1. The molecule has 6 heteroatoms. The lowest BCUT2D eigenvalue weighted by atomic mass is 10.1. The fourth-order valence-electron chi connectivity index (χ4n) is 2.69. The number of Topliss-reactive ketones (excluding diaryl/α,β-unsaturated/α-hetero) is 1. The number of hydrogen-bond donors (Lipinski definition) is 1. The van der Waals surface area contributed by atoms with E-state index in [4.69, 9.17) is 16.1 Å². The molecule has 1 aromatic heterocycles. The molecule has 0 aliphatic carbocycles. The summed E-state index contributed by atoms with van der Waals surface area (Å²) in [5, 5.41) is 7.74. The van der Waals surface area contributed by atoms with Crippen molar-refractivity contribution in [3.63, 3.8) is 0 Å². The molecule has 1 aliphatic heterocycles. The number of carbonyl (C=O) groups is 1. The lowest BCUT2D eigenvalue weighted by Crippen LogP contribution is -2.30. The molecule has 0 saturated carbocycles. The third-order valence-corrected chi connectivity index (χ3v) is 3.98. The fourth-order valence-corrected chi connectivity index (χ4v) is 2.87. The first-order valence-electron chi connectivity index (χ1n) is 7.38. The summed E-state index contributed by atoms with van der Waals surface area (Å²) in [7, 11) is 0. The molecular formula is C16H18ClN3O2. The van der Waals surface area contributed by atoms with E-state index >= 15 is 0 Å². The van der Waals surface area contributed by atoms with Gasteiger partial charge in [-0.05, 0) is 31.5 Å². The minimum atomic E-state index is 0.167. The van der Waals surface area contributed by atoms with Gasteiger partial charge in [-0.3, -0.25) is 4.79 Å². The Morgan fingerprint density at radius 1 is 1.41 bits per heavy atom.